The summed E-state index contributed by atoms with van der Waals surface area (Å²) >= 11 is 1.24. The Balaban J connectivity index is 2.15. The van der Waals surface area contributed by atoms with Crippen LogP contribution >= 0.6 is 11.8 Å². The Labute approximate surface area is 133 Å². The van der Waals surface area contributed by atoms with Gasteiger partial charge in [0.1, 0.15) is 12.4 Å². The lowest BCUT2D eigenvalue weighted by Crippen LogP contribution is -2.04. The summed E-state index contributed by atoms with van der Waals surface area (Å²) < 4.78 is 10.4. The zero-order valence-corrected chi connectivity index (χ0v) is 13.0. The van der Waals surface area contributed by atoms with Crippen molar-refractivity contribution in [3.63, 3.8) is 0 Å². The Morgan fingerprint density at radius 1 is 1.14 bits per heavy atom. The Bertz CT molecular complexity index is 640. The number of benzene rings is 2. The zero-order valence-electron chi connectivity index (χ0n) is 12.2. The van der Waals surface area contributed by atoms with Crippen molar-refractivity contribution >= 4 is 24.0 Å². The molecule has 0 spiro atoms. The van der Waals surface area contributed by atoms with Gasteiger partial charge in [-0.15, -0.1) is 11.8 Å². The second-order valence-electron chi connectivity index (χ2n) is 4.43. The molecule has 0 bridgehead atoms. The van der Waals surface area contributed by atoms with E-state index in [0.29, 0.717) is 22.8 Å². The van der Waals surface area contributed by atoms with Crippen LogP contribution in [0.25, 0.3) is 0 Å². The molecule has 5 heteroatoms. The first-order valence-corrected chi connectivity index (χ1v) is 7.67. The topological polar surface area (TPSA) is 52.6 Å². The van der Waals surface area contributed by atoms with Crippen molar-refractivity contribution in [1.29, 1.82) is 0 Å². The van der Waals surface area contributed by atoms with Crippen LogP contribution in [0.2, 0.25) is 0 Å². The number of methoxy groups -OCH3 is 1. The van der Waals surface area contributed by atoms with Crippen LogP contribution in [0.4, 0.5) is 0 Å². The van der Waals surface area contributed by atoms with Crippen LogP contribution in [0.15, 0.2) is 53.4 Å². The molecule has 2 aromatic carbocycles. The summed E-state index contributed by atoms with van der Waals surface area (Å²) in [4.78, 5) is 23.1. The van der Waals surface area contributed by atoms with Gasteiger partial charge in [0.2, 0.25) is 0 Å². The fourth-order valence-corrected chi connectivity index (χ4v) is 2.75. The number of carbonyl (C=O) groups excluding carboxylic acids is 2. The quantitative estimate of drug-likeness (QED) is 0.445. The van der Waals surface area contributed by atoms with Gasteiger partial charge < -0.3 is 9.47 Å². The predicted octanol–water partition coefficient (Wildman–Crippen LogP) is 3.34. The second kappa shape index (κ2) is 8.24. The van der Waals surface area contributed by atoms with E-state index in [1.807, 2.05) is 30.3 Å². The molecule has 0 N–H and O–H groups in total. The van der Waals surface area contributed by atoms with Gasteiger partial charge in [0.25, 0.3) is 0 Å². The highest BCUT2D eigenvalue weighted by atomic mass is 32.2. The predicted molar refractivity (Wildman–Crippen MR) is 85.3 cm³/mol. The Morgan fingerprint density at radius 3 is 2.59 bits per heavy atom. The first kappa shape index (κ1) is 16.1. The minimum Gasteiger partial charge on any atom is -0.488 e. The van der Waals surface area contributed by atoms with Crippen molar-refractivity contribution in [3.05, 3.63) is 59.7 Å². The van der Waals surface area contributed by atoms with Gasteiger partial charge in [0.05, 0.1) is 17.8 Å². The molecule has 0 aliphatic heterocycles. The van der Waals surface area contributed by atoms with Crippen LogP contribution in [-0.4, -0.2) is 25.1 Å². The minimum absolute atomic E-state index is 0.128. The van der Waals surface area contributed by atoms with E-state index in [-0.39, 0.29) is 11.7 Å². The molecular formula is C17H16O4S. The highest BCUT2D eigenvalue weighted by molar-refractivity contribution is 8.00. The average molecular weight is 316 g/mol. The van der Waals surface area contributed by atoms with E-state index < -0.39 is 0 Å². The molecule has 0 aliphatic rings. The monoisotopic (exact) mass is 316 g/mol. The van der Waals surface area contributed by atoms with Gasteiger partial charge in [-0.25, -0.2) is 0 Å². The number of aldehydes is 1. The van der Waals surface area contributed by atoms with Crippen LogP contribution in [0.1, 0.15) is 15.9 Å². The summed E-state index contributed by atoms with van der Waals surface area (Å²) in [5.41, 5.74) is 1.53. The van der Waals surface area contributed by atoms with E-state index in [4.69, 9.17) is 4.74 Å². The van der Waals surface area contributed by atoms with Gasteiger partial charge in [0.15, 0.2) is 6.29 Å². The smallest absolute Gasteiger partial charge is 0.315 e. The highest BCUT2D eigenvalue weighted by Gasteiger charge is 2.12. The summed E-state index contributed by atoms with van der Waals surface area (Å²) in [5.74, 6) is 0.366. The van der Waals surface area contributed by atoms with Gasteiger partial charge in [-0.1, -0.05) is 42.5 Å². The molecule has 2 rings (SSSR count). The first-order chi connectivity index (χ1) is 10.7. The van der Waals surface area contributed by atoms with Crippen molar-refractivity contribution in [1.82, 2.24) is 0 Å². The molecule has 0 radical (unpaired) electrons. The molecule has 0 heterocycles. The van der Waals surface area contributed by atoms with Crippen LogP contribution in [0.3, 0.4) is 0 Å². The SMILES string of the molecule is COC(=O)CSc1c(C=O)cccc1OCc1ccccc1. The first-order valence-electron chi connectivity index (χ1n) is 6.69. The van der Waals surface area contributed by atoms with Gasteiger partial charge in [0, 0.05) is 5.56 Å². The summed E-state index contributed by atoms with van der Waals surface area (Å²) in [5, 5.41) is 0. The molecule has 2 aromatic rings. The van der Waals surface area contributed by atoms with Crippen LogP contribution in [-0.2, 0) is 16.1 Å². The lowest BCUT2D eigenvalue weighted by atomic mass is 10.2. The number of ether oxygens (including phenoxy) is 2. The fourth-order valence-electron chi connectivity index (χ4n) is 1.82. The number of hydrogen-bond donors (Lipinski definition) is 0. The minimum atomic E-state index is -0.347. The Morgan fingerprint density at radius 2 is 1.91 bits per heavy atom. The third-order valence-electron chi connectivity index (χ3n) is 2.94. The Hall–Kier alpha value is -2.27. The molecule has 0 amide bonds. The molecule has 0 aliphatic carbocycles. The maximum atomic E-state index is 11.3. The molecular weight excluding hydrogens is 300 g/mol. The standard InChI is InChI=1S/C17H16O4S/c1-20-16(19)12-22-17-14(10-18)8-5-9-15(17)21-11-13-6-3-2-4-7-13/h2-10H,11-12H2,1H3. The van der Waals surface area contributed by atoms with Gasteiger partial charge in [-0.2, -0.15) is 0 Å². The maximum Gasteiger partial charge on any atom is 0.315 e. The molecule has 114 valence electrons. The Kier molecular flexibility index (Phi) is 6.03. The summed E-state index contributed by atoms with van der Waals surface area (Å²) in [7, 11) is 1.33. The van der Waals surface area contributed by atoms with E-state index in [9.17, 15) is 9.59 Å². The second-order valence-corrected chi connectivity index (χ2v) is 5.42. The summed E-state index contributed by atoms with van der Waals surface area (Å²) in [6, 6.07) is 15.0. The van der Waals surface area contributed by atoms with E-state index in [0.717, 1.165) is 11.8 Å². The number of esters is 1. The molecule has 0 atom stereocenters. The molecule has 22 heavy (non-hydrogen) atoms. The zero-order chi connectivity index (χ0) is 15.8. The molecule has 0 saturated heterocycles. The van der Waals surface area contributed by atoms with Crippen molar-refractivity contribution in [2.75, 3.05) is 12.9 Å². The highest BCUT2D eigenvalue weighted by Crippen LogP contribution is 2.32. The van der Waals surface area contributed by atoms with Crippen molar-refractivity contribution in [2.45, 2.75) is 11.5 Å². The van der Waals surface area contributed by atoms with Gasteiger partial charge in [-0.3, -0.25) is 9.59 Å². The lowest BCUT2D eigenvalue weighted by Gasteiger charge is -2.12. The van der Waals surface area contributed by atoms with E-state index in [1.54, 1.807) is 18.2 Å². The fraction of sp³-hybridized carbons (Fsp3) is 0.176. The third kappa shape index (κ3) is 4.36. The molecule has 0 unspecified atom stereocenters. The number of carbonyl (C=O) groups is 2. The molecule has 0 saturated carbocycles. The molecule has 0 aromatic heterocycles. The number of thioether (sulfide) groups is 1. The van der Waals surface area contributed by atoms with Gasteiger partial charge >= 0.3 is 5.97 Å². The van der Waals surface area contributed by atoms with Crippen molar-refractivity contribution in [2.24, 2.45) is 0 Å². The van der Waals surface area contributed by atoms with Crippen molar-refractivity contribution < 1.29 is 19.1 Å². The molecule has 0 fully saturated rings. The van der Waals surface area contributed by atoms with E-state index >= 15 is 0 Å². The number of rotatable bonds is 7. The largest absolute Gasteiger partial charge is 0.488 e. The third-order valence-corrected chi connectivity index (χ3v) is 4.04. The van der Waals surface area contributed by atoms with E-state index in [2.05, 4.69) is 4.74 Å². The van der Waals surface area contributed by atoms with Gasteiger partial charge in [-0.05, 0) is 11.6 Å². The normalized spacial score (nSPS) is 10.0. The summed E-state index contributed by atoms with van der Waals surface area (Å²) in [6.07, 6.45) is 0.759. The average Bonchev–Trinajstić information content (AvgIpc) is 2.58. The number of hydrogen-bond acceptors (Lipinski definition) is 5. The van der Waals surface area contributed by atoms with Crippen molar-refractivity contribution in [3.8, 4) is 5.75 Å². The van der Waals surface area contributed by atoms with Crippen LogP contribution in [0.5, 0.6) is 5.75 Å². The van der Waals surface area contributed by atoms with E-state index in [1.165, 1.54) is 18.9 Å². The lowest BCUT2D eigenvalue weighted by molar-refractivity contribution is -0.137. The molecule has 4 nitrogen and oxygen atoms in total. The maximum absolute atomic E-state index is 11.3. The van der Waals surface area contributed by atoms with Crippen LogP contribution in [0, 0.1) is 0 Å². The van der Waals surface area contributed by atoms with Crippen LogP contribution < -0.4 is 4.74 Å². The summed E-state index contributed by atoms with van der Waals surface area (Å²) in [6.45, 7) is 0.398.